The highest BCUT2D eigenvalue weighted by Gasteiger charge is 2.17. The minimum Gasteiger partial charge on any atom is -0.493 e. The molecule has 1 N–H and O–H groups in total. The first kappa shape index (κ1) is 13.4. The molecule has 0 saturated heterocycles. The molecular formula is C14H13BrClNOS. The summed E-state index contributed by atoms with van der Waals surface area (Å²) in [5.41, 5.74) is 2.51. The lowest BCUT2D eigenvalue weighted by Gasteiger charge is -2.09. The van der Waals surface area contributed by atoms with Gasteiger partial charge in [-0.1, -0.05) is 27.5 Å². The SMILES string of the molecule is Clc1ccc(CNCc2cc(Br)cc3c2OCC3)s1. The normalized spacial score (nSPS) is 13.4. The van der Waals surface area contributed by atoms with Gasteiger partial charge in [-0.05, 0) is 29.8 Å². The van der Waals surface area contributed by atoms with Crippen LogP contribution < -0.4 is 10.1 Å². The zero-order valence-corrected chi connectivity index (χ0v) is 13.4. The Kier molecular flexibility index (Phi) is 4.12. The van der Waals surface area contributed by atoms with Crippen LogP contribution in [0.1, 0.15) is 16.0 Å². The maximum Gasteiger partial charge on any atom is 0.127 e. The molecule has 1 aliphatic heterocycles. The van der Waals surface area contributed by atoms with E-state index in [2.05, 4.69) is 39.4 Å². The van der Waals surface area contributed by atoms with E-state index in [0.717, 1.165) is 40.7 Å². The van der Waals surface area contributed by atoms with Gasteiger partial charge in [-0.15, -0.1) is 11.3 Å². The van der Waals surface area contributed by atoms with Crippen molar-refractivity contribution in [2.75, 3.05) is 6.61 Å². The van der Waals surface area contributed by atoms with E-state index < -0.39 is 0 Å². The lowest BCUT2D eigenvalue weighted by atomic mass is 10.1. The molecule has 0 fully saturated rings. The molecule has 0 spiro atoms. The van der Waals surface area contributed by atoms with Gasteiger partial charge in [0.05, 0.1) is 10.9 Å². The summed E-state index contributed by atoms with van der Waals surface area (Å²) in [4.78, 5) is 1.25. The van der Waals surface area contributed by atoms with Crippen LogP contribution in [-0.2, 0) is 19.5 Å². The Morgan fingerprint density at radius 3 is 3.00 bits per heavy atom. The van der Waals surface area contributed by atoms with E-state index in [1.54, 1.807) is 11.3 Å². The molecule has 2 nitrogen and oxygen atoms in total. The molecule has 0 atom stereocenters. The van der Waals surface area contributed by atoms with Crippen molar-refractivity contribution < 1.29 is 4.74 Å². The minimum atomic E-state index is 0.791. The van der Waals surface area contributed by atoms with Crippen LogP contribution in [0.2, 0.25) is 4.34 Å². The van der Waals surface area contributed by atoms with Gasteiger partial charge in [-0.25, -0.2) is 0 Å². The molecule has 19 heavy (non-hydrogen) atoms. The van der Waals surface area contributed by atoms with Gasteiger partial charge in [0.1, 0.15) is 5.75 Å². The Morgan fingerprint density at radius 1 is 1.32 bits per heavy atom. The van der Waals surface area contributed by atoms with Gasteiger partial charge < -0.3 is 10.1 Å². The quantitative estimate of drug-likeness (QED) is 0.875. The lowest BCUT2D eigenvalue weighted by molar-refractivity contribution is 0.352. The van der Waals surface area contributed by atoms with Crippen molar-refractivity contribution in [3.8, 4) is 5.75 Å². The highest BCUT2D eigenvalue weighted by molar-refractivity contribution is 9.10. The number of ether oxygens (including phenoxy) is 1. The summed E-state index contributed by atoms with van der Waals surface area (Å²) < 4.78 is 7.67. The average Bonchev–Trinajstić information content (AvgIpc) is 2.98. The average molecular weight is 359 g/mol. The molecular weight excluding hydrogens is 346 g/mol. The van der Waals surface area contributed by atoms with E-state index in [-0.39, 0.29) is 0 Å². The van der Waals surface area contributed by atoms with Gasteiger partial charge in [-0.3, -0.25) is 0 Å². The van der Waals surface area contributed by atoms with Crippen molar-refractivity contribution in [2.24, 2.45) is 0 Å². The molecule has 0 saturated carbocycles. The van der Waals surface area contributed by atoms with Crippen LogP contribution in [0, 0.1) is 0 Å². The van der Waals surface area contributed by atoms with Crippen molar-refractivity contribution in [2.45, 2.75) is 19.5 Å². The van der Waals surface area contributed by atoms with Crippen LogP contribution in [0.4, 0.5) is 0 Å². The number of benzene rings is 1. The lowest BCUT2D eigenvalue weighted by Crippen LogP contribution is -2.12. The third kappa shape index (κ3) is 3.14. The summed E-state index contributed by atoms with van der Waals surface area (Å²) in [6, 6.07) is 8.26. The van der Waals surface area contributed by atoms with Gasteiger partial charge in [0.25, 0.3) is 0 Å². The third-order valence-electron chi connectivity index (χ3n) is 3.07. The number of rotatable bonds is 4. The van der Waals surface area contributed by atoms with Crippen molar-refractivity contribution in [1.82, 2.24) is 5.32 Å². The summed E-state index contributed by atoms with van der Waals surface area (Å²) in [6.45, 7) is 2.43. The Labute approximate surface area is 129 Å². The predicted molar refractivity (Wildman–Crippen MR) is 83.2 cm³/mol. The number of thiophene rings is 1. The van der Waals surface area contributed by atoms with Crippen LogP contribution in [0.3, 0.4) is 0 Å². The number of fused-ring (bicyclic) bond motifs is 1. The van der Waals surface area contributed by atoms with Crippen molar-refractivity contribution in [1.29, 1.82) is 0 Å². The fraction of sp³-hybridized carbons (Fsp3) is 0.286. The van der Waals surface area contributed by atoms with E-state index in [4.69, 9.17) is 16.3 Å². The fourth-order valence-corrected chi connectivity index (χ4v) is 3.85. The maximum atomic E-state index is 5.92. The van der Waals surface area contributed by atoms with E-state index in [9.17, 15) is 0 Å². The van der Waals surface area contributed by atoms with Crippen LogP contribution in [0.5, 0.6) is 5.75 Å². The molecule has 1 aliphatic rings. The monoisotopic (exact) mass is 357 g/mol. The maximum absolute atomic E-state index is 5.92. The zero-order chi connectivity index (χ0) is 13.2. The highest BCUT2D eigenvalue weighted by atomic mass is 79.9. The second kappa shape index (κ2) is 5.83. The van der Waals surface area contributed by atoms with E-state index in [1.807, 2.05) is 6.07 Å². The molecule has 2 aromatic rings. The smallest absolute Gasteiger partial charge is 0.127 e. The van der Waals surface area contributed by atoms with Gasteiger partial charge in [0.2, 0.25) is 0 Å². The minimum absolute atomic E-state index is 0.791. The third-order valence-corrected chi connectivity index (χ3v) is 4.76. The van der Waals surface area contributed by atoms with Crippen LogP contribution in [0.25, 0.3) is 0 Å². The molecule has 1 aromatic carbocycles. The highest BCUT2D eigenvalue weighted by Crippen LogP contribution is 2.33. The molecule has 3 rings (SSSR count). The largest absolute Gasteiger partial charge is 0.493 e. The van der Waals surface area contributed by atoms with E-state index in [1.165, 1.54) is 16.0 Å². The molecule has 2 heterocycles. The molecule has 5 heteroatoms. The van der Waals surface area contributed by atoms with Gasteiger partial charge in [0, 0.05) is 34.4 Å². The van der Waals surface area contributed by atoms with Crippen molar-refractivity contribution in [3.63, 3.8) is 0 Å². The van der Waals surface area contributed by atoms with Crippen LogP contribution in [-0.4, -0.2) is 6.61 Å². The molecule has 0 amide bonds. The topological polar surface area (TPSA) is 21.3 Å². The first-order chi connectivity index (χ1) is 9.22. The fourth-order valence-electron chi connectivity index (χ4n) is 2.24. The Bertz CT molecular complexity index is 599. The molecule has 0 radical (unpaired) electrons. The second-order valence-electron chi connectivity index (χ2n) is 4.46. The summed E-state index contributed by atoms with van der Waals surface area (Å²) in [5.74, 6) is 1.06. The van der Waals surface area contributed by atoms with Crippen LogP contribution in [0.15, 0.2) is 28.7 Å². The van der Waals surface area contributed by atoms with Crippen molar-refractivity contribution in [3.05, 3.63) is 49.1 Å². The molecule has 0 aliphatic carbocycles. The summed E-state index contributed by atoms with van der Waals surface area (Å²) in [5, 5.41) is 3.44. The van der Waals surface area contributed by atoms with E-state index >= 15 is 0 Å². The van der Waals surface area contributed by atoms with Crippen LogP contribution >= 0.6 is 38.9 Å². The summed E-state index contributed by atoms with van der Waals surface area (Å²) in [7, 11) is 0. The zero-order valence-electron chi connectivity index (χ0n) is 10.2. The first-order valence-corrected chi connectivity index (χ1v) is 8.10. The number of halogens is 2. The summed E-state index contributed by atoms with van der Waals surface area (Å²) >= 11 is 11.1. The molecule has 100 valence electrons. The second-order valence-corrected chi connectivity index (χ2v) is 7.18. The predicted octanol–water partition coefficient (Wildman–Crippen LogP) is 4.39. The number of nitrogens with one attached hydrogen (secondary N) is 1. The van der Waals surface area contributed by atoms with Gasteiger partial charge >= 0.3 is 0 Å². The Morgan fingerprint density at radius 2 is 2.21 bits per heavy atom. The Balaban J connectivity index is 1.67. The summed E-state index contributed by atoms with van der Waals surface area (Å²) in [6.07, 6.45) is 1.00. The number of hydrogen-bond donors (Lipinski definition) is 1. The Hall–Kier alpha value is -0.550. The first-order valence-electron chi connectivity index (χ1n) is 6.11. The molecule has 0 bridgehead atoms. The number of hydrogen-bond acceptors (Lipinski definition) is 3. The van der Waals surface area contributed by atoms with Gasteiger partial charge in [0.15, 0.2) is 0 Å². The van der Waals surface area contributed by atoms with Gasteiger partial charge in [-0.2, -0.15) is 0 Å². The standard InChI is InChI=1S/C14H13BrClNOS/c15-11-5-9-3-4-18-14(9)10(6-11)7-17-8-12-1-2-13(16)19-12/h1-2,5-6,17H,3-4,7-8H2. The molecule has 0 unspecified atom stereocenters. The molecule has 1 aromatic heterocycles. The van der Waals surface area contributed by atoms with E-state index in [0.29, 0.717) is 0 Å². The van der Waals surface area contributed by atoms with Crippen molar-refractivity contribution >= 4 is 38.9 Å².